The summed E-state index contributed by atoms with van der Waals surface area (Å²) in [5, 5.41) is 5.51. The lowest BCUT2D eigenvalue weighted by atomic mass is 10.1. The third-order valence-electron chi connectivity index (χ3n) is 5.20. The van der Waals surface area contributed by atoms with Gasteiger partial charge in [0.1, 0.15) is 11.5 Å². The van der Waals surface area contributed by atoms with Gasteiger partial charge >= 0.3 is 0 Å². The van der Waals surface area contributed by atoms with Crippen LogP contribution in [-0.2, 0) is 6.54 Å². The highest BCUT2D eigenvalue weighted by Crippen LogP contribution is 2.35. The number of nitrogens with zero attached hydrogens (tertiary/aromatic N) is 3. The number of hydrogen-bond donors (Lipinski definition) is 0. The maximum absolute atomic E-state index is 6.43. The Morgan fingerprint density at radius 3 is 2.73 bits per heavy atom. The highest BCUT2D eigenvalue weighted by Gasteiger charge is 2.26. The summed E-state index contributed by atoms with van der Waals surface area (Å²) >= 11 is 6.43. The van der Waals surface area contributed by atoms with E-state index in [1.165, 1.54) is 24.9 Å². The van der Waals surface area contributed by atoms with Gasteiger partial charge in [0.2, 0.25) is 5.71 Å². The second-order valence-electron chi connectivity index (χ2n) is 7.45. The summed E-state index contributed by atoms with van der Waals surface area (Å²) < 4.78 is 8.11. The Labute approximate surface area is 159 Å². The molecule has 0 aliphatic heterocycles. The first-order valence-electron chi connectivity index (χ1n) is 9.53. The minimum absolute atomic E-state index is 0.717. The molecule has 0 radical (unpaired) electrons. The molecule has 2 aromatic heterocycles. The van der Waals surface area contributed by atoms with Crippen LogP contribution in [-0.4, -0.2) is 27.6 Å². The zero-order valence-electron chi connectivity index (χ0n) is 15.8. The molecular weight excluding hydrogens is 346 g/mol. The van der Waals surface area contributed by atoms with E-state index < -0.39 is 0 Å². The zero-order chi connectivity index (χ0) is 18.3. The van der Waals surface area contributed by atoms with E-state index in [0.29, 0.717) is 5.02 Å². The second kappa shape index (κ2) is 7.09. The summed E-state index contributed by atoms with van der Waals surface area (Å²) in [7, 11) is 0. The molecule has 0 unspecified atom stereocenters. The topological polar surface area (TPSA) is 33.7 Å². The average Bonchev–Trinajstić information content (AvgIpc) is 3.30. The molecule has 0 atom stereocenters. The van der Waals surface area contributed by atoms with Gasteiger partial charge in [-0.15, -0.1) is 0 Å². The van der Waals surface area contributed by atoms with Crippen molar-refractivity contribution < 1.29 is 4.42 Å². The summed E-state index contributed by atoms with van der Waals surface area (Å²) in [5.74, 6) is 1.73. The molecule has 0 N–H and O–H groups in total. The normalized spacial score (nSPS) is 14.7. The van der Waals surface area contributed by atoms with Crippen LogP contribution >= 0.6 is 11.6 Å². The van der Waals surface area contributed by atoms with Crippen LogP contribution in [0.2, 0.25) is 5.02 Å². The van der Waals surface area contributed by atoms with Crippen molar-refractivity contribution >= 4 is 17.3 Å². The molecule has 1 fully saturated rings. The van der Waals surface area contributed by atoms with Crippen LogP contribution in [0.5, 0.6) is 0 Å². The van der Waals surface area contributed by atoms with Crippen LogP contribution < -0.4 is 0 Å². The predicted octanol–water partition coefficient (Wildman–Crippen LogP) is 5.49. The molecule has 4 rings (SSSR count). The number of oxazole rings is 1. The fourth-order valence-corrected chi connectivity index (χ4v) is 3.94. The van der Waals surface area contributed by atoms with Gasteiger partial charge in [-0.25, -0.2) is 0 Å². The second-order valence-corrected chi connectivity index (χ2v) is 7.85. The molecule has 1 aromatic carbocycles. The van der Waals surface area contributed by atoms with E-state index in [-0.39, 0.29) is 0 Å². The molecule has 0 bridgehead atoms. The van der Waals surface area contributed by atoms with Crippen molar-refractivity contribution in [3.63, 3.8) is 0 Å². The molecule has 2 heterocycles. The predicted molar refractivity (Wildman–Crippen MR) is 106 cm³/mol. The number of benzene rings is 1. The molecule has 0 saturated heterocycles. The molecule has 1 aliphatic carbocycles. The number of hydrogen-bond acceptors (Lipinski definition) is 3. The van der Waals surface area contributed by atoms with Gasteiger partial charge in [0, 0.05) is 18.7 Å². The Morgan fingerprint density at radius 2 is 2.04 bits per heavy atom. The van der Waals surface area contributed by atoms with Crippen molar-refractivity contribution in [2.75, 3.05) is 13.1 Å². The quantitative estimate of drug-likeness (QED) is 0.550. The van der Waals surface area contributed by atoms with Gasteiger partial charge in [0.15, 0.2) is 0 Å². The van der Waals surface area contributed by atoms with Gasteiger partial charge in [-0.1, -0.05) is 36.7 Å². The van der Waals surface area contributed by atoms with Crippen molar-refractivity contribution in [1.29, 1.82) is 0 Å². The Kier molecular flexibility index (Phi) is 4.80. The number of aromatic nitrogens is 2. The van der Waals surface area contributed by atoms with Crippen LogP contribution in [0, 0.1) is 19.8 Å². The van der Waals surface area contributed by atoms with Gasteiger partial charge < -0.3 is 4.42 Å². The van der Waals surface area contributed by atoms with Crippen LogP contribution in [0.1, 0.15) is 43.2 Å². The van der Waals surface area contributed by atoms with E-state index in [2.05, 4.69) is 18.7 Å². The van der Waals surface area contributed by atoms with Crippen molar-refractivity contribution in [3.05, 3.63) is 46.3 Å². The van der Waals surface area contributed by atoms with Crippen molar-refractivity contribution in [2.24, 2.45) is 5.92 Å². The van der Waals surface area contributed by atoms with Gasteiger partial charge in [-0.05, 0) is 51.6 Å². The first kappa shape index (κ1) is 17.6. The summed E-state index contributed by atoms with van der Waals surface area (Å²) in [6, 6.07) is 7.87. The highest BCUT2D eigenvalue weighted by atomic mass is 35.5. The molecule has 26 heavy (non-hydrogen) atoms. The lowest BCUT2D eigenvalue weighted by Gasteiger charge is -2.20. The first-order chi connectivity index (χ1) is 12.6. The largest absolute Gasteiger partial charge is 0.441 e. The third kappa shape index (κ3) is 3.28. The van der Waals surface area contributed by atoms with Crippen LogP contribution in [0.3, 0.4) is 0 Å². The van der Waals surface area contributed by atoms with E-state index >= 15 is 0 Å². The van der Waals surface area contributed by atoms with Crippen LogP contribution in [0.25, 0.3) is 17.0 Å². The lowest BCUT2D eigenvalue weighted by Crippen LogP contribution is -2.26. The average molecular weight is 372 g/mol. The van der Waals surface area contributed by atoms with Crippen molar-refractivity contribution in [3.8, 4) is 11.3 Å². The summed E-state index contributed by atoms with van der Waals surface area (Å²) in [6.45, 7) is 9.50. The Bertz CT molecular complexity index is 923. The van der Waals surface area contributed by atoms with Crippen LogP contribution in [0.15, 0.2) is 28.7 Å². The minimum Gasteiger partial charge on any atom is -0.441 e. The summed E-state index contributed by atoms with van der Waals surface area (Å²) in [6.07, 6.45) is 3.91. The molecule has 0 spiro atoms. The molecule has 3 aromatic rings. The van der Waals surface area contributed by atoms with E-state index in [4.69, 9.17) is 21.1 Å². The first-order valence-corrected chi connectivity index (χ1v) is 9.91. The minimum atomic E-state index is 0.717. The maximum atomic E-state index is 6.43. The number of fused-ring (bicyclic) bond motifs is 1. The highest BCUT2D eigenvalue weighted by molar-refractivity contribution is 6.33. The van der Waals surface area contributed by atoms with Gasteiger partial charge in [-0.3, -0.25) is 4.90 Å². The smallest absolute Gasteiger partial charge is 0.227 e. The van der Waals surface area contributed by atoms with Gasteiger partial charge in [0.25, 0.3) is 0 Å². The molecule has 5 heteroatoms. The maximum Gasteiger partial charge on any atom is 0.227 e. The monoisotopic (exact) mass is 371 g/mol. The Morgan fingerprint density at radius 1 is 1.27 bits per heavy atom. The third-order valence-corrected chi connectivity index (χ3v) is 5.53. The fourth-order valence-electron chi connectivity index (χ4n) is 3.72. The molecule has 1 saturated carbocycles. The molecule has 138 valence electrons. The van der Waals surface area contributed by atoms with E-state index in [1.807, 2.05) is 35.7 Å². The van der Waals surface area contributed by atoms with Crippen molar-refractivity contribution in [2.45, 2.75) is 46.6 Å². The van der Waals surface area contributed by atoms with E-state index in [9.17, 15) is 0 Å². The van der Waals surface area contributed by atoms with E-state index in [0.717, 1.165) is 53.9 Å². The van der Waals surface area contributed by atoms with Gasteiger partial charge in [-0.2, -0.15) is 9.61 Å². The summed E-state index contributed by atoms with van der Waals surface area (Å²) in [5.41, 5.74) is 4.99. The van der Waals surface area contributed by atoms with Gasteiger partial charge in [0.05, 0.1) is 16.3 Å². The number of halogens is 1. The number of aryl methyl sites for hydroxylation is 2. The Hall–Kier alpha value is -1.78. The molecule has 1 aliphatic rings. The fraction of sp³-hybridized carbons (Fsp3) is 0.476. The molecule has 4 nitrogen and oxygen atoms in total. The van der Waals surface area contributed by atoms with Crippen LogP contribution in [0.4, 0.5) is 0 Å². The zero-order valence-corrected chi connectivity index (χ0v) is 16.5. The molecule has 0 amide bonds. The standard InChI is InChI=1S/C21H26ClN3O/c1-4-11-24(12-16-9-10-16)13-18-14(2)23-25-20(15(3)26-21(18)25)17-7-5-6-8-19(17)22/h5-8,16H,4,9-13H2,1-3H3. The molecular formula is C21H26ClN3O. The summed E-state index contributed by atoms with van der Waals surface area (Å²) in [4.78, 5) is 2.55. The SMILES string of the molecule is CCCN(Cc1c(C)nn2c(-c3ccccc3Cl)c(C)oc12)CC1CC1. The number of rotatable bonds is 7. The lowest BCUT2D eigenvalue weighted by molar-refractivity contribution is 0.254. The van der Waals surface area contributed by atoms with Crippen molar-refractivity contribution in [1.82, 2.24) is 14.5 Å². The van der Waals surface area contributed by atoms with E-state index in [1.54, 1.807) is 0 Å². The Balaban J connectivity index is 1.74.